The van der Waals surface area contributed by atoms with E-state index in [-0.39, 0.29) is 31.0 Å². The van der Waals surface area contributed by atoms with Gasteiger partial charge >= 0.3 is 5.97 Å². The average Bonchev–Trinajstić information content (AvgIpc) is 3.05. The van der Waals surface area contributed by atoms with Gasteiger partial charge in [-0.3, -0.25) is 19.0 Å². The van der Waals surface area contributed by atoms with Crippen LogP contribution in [0.4, 0.5) is 5.69 Å². The number of thiophene rings is 1. The number of fused-ring (bicyclic) bond motifs is 2. The second-order valence-electron chi connectivity index (χ2n) is 7.39. The second-order valence-corrected chi connectivity index (χ2v) is 8.60. The first kappa shape index (κ1) is 20.3. The molecule has 1 aliphatic rings. The number of hydrogen-bond acceptors (Lipinski definition) is 6. The van der Waals surface area contributed by atoms with Crippen molar-refractivity contribution in [1.82, 2.24) is 9.55 Å². The van der Waals surface area contributed by atoms with Gasteiger partial charge < -0.3 is 9.64 Å². The van der Waals surface area contributed by atoms with E-state index in [0.717, 1.165) is 34.5 Å². The third-order valence-corrected chi connectivity index (χ3v) is 6.60. The molecule has 3 aromatic rings. The Labute approximate surface area is 177 Å². The lowest BCUT2D eigenvalue weighted by Gasteiger charge is -2.29. The number of benzene rings is 1. The summed E-state index contributed by atoms with van der Waals surface area (Å²) >= 11 is 1.49. The number of hydrogen-bond donors (Lipinski definition) is 0. The monoisotopic (exact) mass is 425 g/mol. The molecule has 0 unspecified atom stereocenters. The van der Waals surface area contributed by atoms with Crippen molar-refractivity contribution in [3.8, 4) is 0 Å². The summed E-state index contributed by atoms with van der Waals surface area (Å²) in [5.74, 6) is -0.751. The quantitative estimate of drug-likeness (QED) is 0.587. The standard InChI is InChI=1S/C22H23N3O4S/c1-14-15(2)30-21-20(14)22(28)24(13-23-21)11-9-19(27)29-12-18(26)25-10-5-7-16-6-3-4-8-17(16)25/h3-4,6,8,13H,5,7,9-12H2,1-2H3. The van der Waals surface area contributed by atoms with Crippen molar-refractivity contribution in [2.45, 2.75) is 39.7 Å². The lowest BCUT2D eigenvalue weighted by Crippen LogP contribution is -2.38. The van der Waals surface area contributed by atoms with Crippen molar-refractivity contribution in [3.63, 3.8) is 0 Å². The summed E-state index contributed by atoms with van der Waals surface area (Å²) in [4.78, 5) is 45.2. The number of carbonyl (C=O) groups excluding carboxylic acids is 2. The van der Waals surface area contributed by atoms with E-state index >= 15 is 0 Å². The van der Waals surface area contributed by atoms with E-state index in [2.05, 4.69) is 4.98 Å². The van der Waals surface area contributed by atoms with Crippen LogP contribution in [0.25, 0.3) is 10.2 Å². The molecule has 7 nitrogen and oxygen atoms in total. The van der Waals surface area contributed by atoms with Crippen molar-refractivity contribution in [3.05, 3.63) is 57.0 Å². The van der Waals surface area contributed by atoms with Gasteiger partial charge in [-0.25, -0.2) is 4.98 Å². The van der Waals surface area contributed by atoms with Crippen LogP contribution in [0.15, 0.2) is 35.4 Å². The number of para-hydroxylation sites is 1. The zero-order valence-electron chi connectivity index (χ0n) is 17.0. The zero-order valence-corrected chi connectivity index (χ0v) is 17.8. The van der Waals surface area contributed by atoms with E-state index in [9.17, 15) is 14.4 Å². The Kier molecular flexibility index (Phi) is 5.67. The van der Waals surface area contributed by atoms with E-state index in [1.54, 1.807) is 4.90 Å². The fourth-order valence-corrected chi connectivity index (χ4v) is 4.71. The van der Waals surface area contributed by atoms with Crippen LogP contribution < -0.4 is 10.5 Å². The third kappa shape index (κ3) is 3.87. The molecule has 3 heterocycles. The van der Waals surface area contributed by atoms with Crippen molar-refractivity contribution >= 4 is 39.1 Å². The summed E-state index contributed by atoms with van der Waals surface area (Å²) in [7, 11) is 0. The summed E-state index contributed by atoms with van der Waals surface area (Å²) in [6.07, 6.45) is 3.29. The molecule has 4 rings (SSSR count). The Hall–Kier alpha value is -3.00. The molecule has 1 amide bonds. The number of ether oxygens (including phenoxy) is 1. The van der Waals surface area contributed by atoms with Crippen molar-refractivity contribution < 1.29 is 14.3 Å². The van der Waals surface area contributed by atoms with Gasteiger partial charge in [0.05, 0.1) is 18.1 Å². The van der Waals surface area contributed by atoms with Crippen LogP contribution in [0, 0.1) is 13.8 Å². The van der Waals surface area contributed by atoms with E-state index in [0.29, 0.717) is 16.8 Å². The number of nitrogens with zero attached hydrogens (tertiary/aromatic N) is 3. The number of esters is 1. The maximum Gasteiger partial charge on any atom is 0.308 e. The van der Waals surface area contributed by atoms with Crippen LogP contribution >= 0.6 is 11.3 Å². The second kappa shape index (κ2) is 8.39. The van der Waals surface area contributed by atoms with E-state index < -0.39 is 5.97 Å². The van der Waals surface area contributed by atoms with Gasteiger partial charge in [-0.1, -0.05) is 18.2 Å². The van der Waals surface area contributed by atoms with E-state index in [4.69, 9.17) is 4.74 Å². The number of amides is 1. The van der Waals surface area contributed by atoms with Crippen molar-refractivity contribution in [2.24, 2.45) is 0 Å². The lowest BCUT2D eigenvalue weighted by molar-refractivity contribution is -0.148. The first-order valence-electron chi connectivity index (χ1n) is 9.94. The van der Waals surface area contributed by atoms with Gasteiger partial charge in [0.2, 0.25) is 0 Å². The smallest absolute Gasteiger partial charge is 0.308 e. The van der Waals surface area contributed by atoms with Crippen molar-refractivity contribution in [1.29, 1.82) is 0 Å². The van der Waals surface area contributed by atoms with Crippen molar-refractivity contribution in [2.75, 3.05) is 18.1 Å². The predicted octanol–water partition coefficient (Wildman–Crippen LogP) is 2.99. The minimum Gasteiger partial charge on any atom is -0.455 e. The van der Waals surface area contributed by atoms with E-state index in [1.807, 2.05) is 38.1 Å². The molecule has 8 heteroatoms. The average molecular weight is 426 g/mol. The largest absolute Gasteiger partial charge is 0.455 e. The Morgan fingerprint density at radius 1 is 1.23 bits per heavy atom. The van der Waals surface area contributed by atoms with Gasteiger partial charge in [-0.15, -0.1) is 11.3 Å². The molecule has 0 N–H and O–H groups in total. The van der Waals surface area contributed by atoms with E-state index in [1.165, 1.54) is 22.2 Å². The molecule has 0 bridgehead atoms. The lowest BCUT2D eigenvalue weighted by atomic mass is 10.0. The molecule has 2 aromatic heterocycles. The molecule has 0 saturated heterocycles. The minimum absolute atomic E-state index is 0.000866. The Morgan fingerprint density at radius 3 is 2.87 bits per heavy atom. The molecule has 156 valence electrons. The number of rotatable bonds is 5. The maximum absolute atomic E-state index is 12.7. The van der Waals surface area contributed by atoms with Gasteiger partial charge in [-0.2, -0.15) is 0 Å². The SMILES string of the molecule is Cc1sc2ncn(CCC(=O)OCC(=O)N3CCCc4ccccc43)c(=O)c2c1C. The van der Waals surface area contributed by atoms with Crippen LogP contribution in [0.1, 0.15) is 28.8 Å². The third-order valence-electron chi connectivity index (χ3n) is 5.48. The summed E-state index contributed by atoms with van der Waals surface area (Å²) < 4.78 is 6.61. The first-order valence-corrected chi connectivity index (χ1v) is 10.8. The van der Waals surface area contributed by atoms with Crippen LogP contribution in [-0.4, -0.2) is 34.6 Å². The highest BCUT2D eigenvalue weighted by atomic mass is 32.1. The fraction of sp³-hybridized carbons (Fsp3) is 0.364. The molecule has 1 aliphatic heterocycles. The summed E-state index contributed by atoms with van der Waals surface area (Å²) in [5, 5.41) is 0.604. The molecule has 0 spiro atoms. The molecule has 0 aliphatic carbocycles. The van der Waals surface area contributed by atoms with Gasteiger partial charge in [0.25, 0.3) is 11.5 Å². The molecule has 1 aromatic carbocycles. The Balaban J connectivity index is 1.35. The molecule has 0 atom stereocenters. The molecular formula is C22H23N3O4S. The van der Waals surface area contributed by atoms with Crippen LogP contribution in [0.5, 0.6) is 0 Å². The molecule has 30 heavy (non-hydrogen) atoms. The van der Waals surface area contributed by atoms with Crippen LogP contribution in [0.3, 0.4) is 0 Å². The number of anilines is 1. The highest BCUT2D eigenvalue weighted by Crippen LogP contribution is 2.27. The first-order chi connectivity index (χ1) is 14.5. The Morgan fingerprint density at radius 2 is 2.03 bits per heavy atom. The van der Waals surface area contributed by atoms with Gasteiger partial charge in [0.15, 0.2) is 6.61 Å². The Bertz CT molecular complexity index is 1180. The molecule has 0 fully saturated rings. The van der Waals surface area contributed by atoms with Gasteiger partial charge in [0, 0.05) is 23.7 Å². The molecule has 0 saturated carbocycles. The molecule has 0 radical (unpaired) electrons. The number of aryl methyl sites for hydroxylation is 4. The fourth-order valence-electron chi connectivity index (χ4n) is 3.73. The highest BCUT2D eigenvalue weighted by Gasteiger charge is 2.23. The van der Waals surface area contributed by atoms with Crippen LogP contribution in [-0.2, 0) is 27.3 Å². The maximum atomic E-state index is 12.7. The topological polar surface area (TPSA) is 81.5 Å². The predicted molar refractivity (Wildman–Crippen MR) is 116 cm³/mol. The van der Waals surface area contributed by atoms with Crippen LogP contribution in [0.2, 0.25) is 0 Å². The summed E-state index contributed by atoms with van der Waals surface area (Å²) in [6, 6.07) is 7.79. The van der Waals surface area contributed by atoms with Gasteiger partial charge in [-0.05, 0) is 43.9 Å². The highest BCUT2D eigenvalue weighted by molar-refractivity contribution is 7.18. The minimum atomic E-state index is -0.515. The normalized spacial score (nSPS) is 13.3. The number of carbonyl (C=O) groups is 2. The number of aromatic nitrogens is 2. The zero-order chi connectivity index (χ0) is 21.3. The molecular weight excluding hydrogens is 402 g/mol. The summed E-state index contributed by atoms with van der Waals surface area (Å²) in [5.41, 5.74) is 2.79. The summed E-state index contributed by atoms with van der Waals surface area (Å²) in [6.45, 7) is 4.34. The van der Waals surface area contributed by atoms with Gasteiger partial charge in [0.1, 0.15) is 4.83 Å².